The molecule has 16 heavy (non-hydrogen) atoms. The Hall–Kier alpha value is -1.62. The first-order chi connectivity index (χ1) is 7.66. The van der Waals surface area contributed by atoms with Crippen LogP contribution in [-0.4, -0.2) is 31.1 Å². The lowest BCUT2D eigenvalue weighted by atomic mass is 10.2. The second kappa shape index (κ2) is 4.49. The molecule has 1 aliphatic rings. The summed E-state index contributed by atoms with van der Waals surface area (Å²) >= 11 is 0. The van der Waals surface area contributed by atoms with Crippen LogP contribution >= 0.6 is 0 Å². The second-order valence-corrected chi connectivity index (χ2v) is 4.01. The molecule has 0 bridgehead atoms. The molecule has 2 rings (SSSR count). The van der Waals surface area contributed by atoms with Crippen molar-refractivity contribution in [1.82, 2.24) is 0 Å². The third kappa shape index (κ3) is 2.30. The highest BCUT2D eigenvalue weighted by atomic mass is 16.6. The van der Waals surface area contributed by atoms with E-state index in [4.69, 9.17) is 0 Å². The normalized spacial score (nSPS) is 17.4. The third-order valence-electron chi connectivity index (χ3n) is 2.90. The average Bonchev–Trinajstić information content (AvgIpc) is 2.30. The van der Waals surface area contributed by atoms with Gasteiger partial charge in [0.05, 0.1) is 31.1 Å². The van der Waals surface area contributed by atoms with Gasteiger partial charge < -0.3 is 9.80 Å². The number of nitro benzene ring substituents is 1. The van der Waals surface area contributed by atoms with Crippen LogP contribution in [-0.2, 0) is 0 Å². The van der Waals surface area contributed by atoms with Crippen molar-refractivity contribution in [2.75, 3.05) is 31.1 Å². The lowest BCUT2D eigenvalue weighted by Gasteiger charge is -2.35. The fraction of sp³-hybridized carbons (Fsp3) is 0.364. The molecule has 0 radical (unpaired) electrons. The standard InChI is InChI=1S/C11H15N3O2/c1-12-6-8-13(9-7-12)10-2-4-11(5-3-10)14(15)16/h2-5,12H,1,6-9H2. The van der Waals surface area contributed by atoms with Gasteiger partial charge in [-0.1, -0.05) is 0 Å². The van der Waals surface area contributed by atoms with Gasteiger partial charge in [0.25, 0.3) is 5.69 Å². The van der Waals surface area contributed by atoms with Crippen LogP contribution in [0.4, 0.5) is 11.4 Å². The first kappa shape index (κ1) is 10.9. The summed E-state index contributed by atoms with van der Waals surface area (Å²) in [6.45, 7) is 3.93. The summed E-state index contributed by atoms with van der Waals surface area (Å²) in [5, 5.41) is 10.5. The van der Waals surface area contributed by atoms with E-state index >= 15 is 0 Å². The number of nitrogens with one attached hydrogen (secondary N) is 1. The number of hydrogen-bond acceptors (Lipinski definition) is 3. The van der Waals surface area contributed by atoms with Crippen LogP contribution in [0.25, 0.3) is 0 Å². The van der Waals surface area contributed by atoms with Crippen molar-refractivity contribution in [3.8, 4) is 0 Å². The van der Waals surface area contributed by atoms with E-state index in [0.29, 0.717) is 0 Å². The van der Waals surface area contributed by atoms with E-state index in [0.717, 1.165) is 31.9 Å². The van der Waals surface area contributed by atoms with Crippen LogP contribution < -0.4 is 9.80 Å². The Morgan fingerprint density at radius 1 is 1.25 bits per heavy atom. The minimum Gasteiger partial charge on any atom is -0.465 e. The minimum absolute atomic E-state index is 0.144. The van der Waals surface area contributed by atoms with Crippen molar-refractivity contribution >= 4 is 11.4 Å². The molecular weight excluding hydrogens is 206 g/mol. The Kier molecular flexibility index (Phi) is 3.05. The number of nitrogens with zero attached hydrogens (tertiary/aromatic N) is 2. The van der Waals surface area contributed by atoms with Crippen LogP contribution in [0.15, 0.2) is 24.3 Å². The molecule has 5 nitrogen and oxygen atoms in total. The molecule has 0 aromatic heterocycles. The van der Waals surface area contributed by atoms with E-state index in [-0.39, 0.29) is 10.6 Å². The van der Waals surface area contributed by atoms with Crippen LogP contribution in [0, 0.1) is 17.2 Å². The smallest absolute Gasteiger partial charge is 0.269 e. The molecule has 1 N–H and O–H groups in total. The molecule has 1 heterocycles. The second-order valence-electron chi connectivity index (χ2n) is 4.01. The summed E-state index contributed by atoms with van der Waals surface area (Å²) in [6.07, 6.45) is 0. The fourth-order valence-electron chi connectivity index (χ4n) is 1.87. The summed E-state index contributed by atoms with van der Waals surface area (Å²) in [4.78, 5) is 13.7. The molecule has 1 aromatic carbocycles. The number of piperazine rings is 1. The van der Waals surface area contributed by atoms with Gasteiger partial charge in [-0.2, -0.15) is 7.05 Å². The average molecular weight is 221 g/mol. The van der Waals surface area contributed by atoms with Crippen molar-refractivity contribution in [3.05, 3.63) is 41.4 Å². The molecule has 0 spiro atoms. The van der Waals surface area contributed by atoms with Crippen LogP contribution in [0.5, 0.6) is 0 Å². The zero-order valence-corrected chi connectivity index (χ0v) is 9.06. The van der Waals surface area contributed by atoms with E-state index < -0.39 is 0 Å². The first-order valence-electron chi connectivity index (χ1n) is 5.33. The summed E-state index contributed by atoms with van der Waals surface area (Å²) < 4.78 is 0. The highest BCUT2D eigenvalue weighted by molar-refractivity contribution is 5.50. The van der Waals surface area contributed by atoms with Gasteiger partial charge in [0.1, 0.15) is 0 Å². The zero-order chi connectivity index (χ0) is 11.5. The van der Waals surface area contributed by atoms with E-state index in [9.17, 15) is 10.1 Å². The molecule has 0 saturated carbocycles. The number of anilines is 1. The van der Waals surface area contributed by atoms with Gasteiger partial charge in [-0.05, 0) is 12.1 Å². The summed E-state index contributed by atoms with van der Waals surface area (Å²) in [5.74, 6) is 0. The number of benzene rings is 1. The predicted molar refractivity (Wildman–Crippen MR) is 61.4 cm³/mol. The summed E-state index contributed by atoms with van der Waals surface area (Å²) in [7, 11) is 3.96. The lowest BCUT2D eigenvalue weighted by Crippen LogP contribution is -3.10. The number of non-ortho nitro benzene ring substituents is 1. The summed E-state index contributed by atoms with van der Waals surface area (Å²) in [5.41, 5.74) is 1.20. The molecule has 1 saturated heterocycles. The van der Waals surface area contributed by atoms with Gasteiger partial charge in [-0.3, -0.25) is 10.1 Å². The van der Waals surface area contributed by atoms with E-state index in [1.165, 1.54) is 4.90 Å². The van der Waals surface area contributed by atoms with Crippen molar-refractivity contribution in [3.63, 3.8) is 0 Å². The molecule has 0 atom stereocenters. The van der Waals surface area contributed by atoms with Crippen molar-refractivity contribution < 1.29 is 9.82 Å². The van der Waals surface area contributed by atoms with Crippen molar-refractivity contribution in [1.29, 1.82) is 0 Å². The molecule has 86 valence electrons. The Morgan fingerprint density at radius 2 is 1.81 bits per heavy atom. The maximum atomic E-state index is 10.5. The largest absolute Gasteiger partial charge is 0.465 e. The number of hydrogen-bond donors (Lipinski definition) is 1. The van der Waals surface area contributed by atoms with Gasteiger partial charge in [0, 0.05) is 17.8 Å². The van der Waals surface area contributed by atoms with Gasteiger partial charge in [-0.15, -0.1) is 0 Å². The molecule has 0 unspecified atom stereocenters. The number of quaternary nitrogens is 1. The highest BCUT2D eigenvalue weighted by Gasteiger charge is 2.15. The predicted octanol–water partition coefficient (Wildman–Crippen LogP) is 0.0913. The monoisotopic (exact) mass is 221 g/mol. The Labute approximate surface area is 94.4 Å². The minimum atomic E-state index is -0.373. The molecule has 1 aliphatic heterocycles. The maximum Gasteiger partial charge on any atom is 0.269 e. The van der Waals surface area contributed by atoms with Crippen LogP contribution in [0.2, 0.25) is 0 Å². The van der Waals surface area contributed by atoms with Gasteiger partial charge in [0.2, 0.25) is 0 Å². The molecule has 0 aliphatic carbocycles. The van der Waals surface area contributed by atoms with Crippen molar-refractivity contribution in [2.45, 2.75) is 0 Å². The van der Waals surface area contributed by atoms with Crippen molar-refractivity contribution in [2.24, 2.45) is 0 Å². The number of rotatable bonds is 2. The topological polar surface area (TPSA) is 50.8 Å². The Balaban J connectivity index is 2.07. The van der Waals surface area contributed by atoms with E-state index in [1.54, 1.807) is 12.1 Å². The third-order valence-corrected chi connectivity index (χ3v) is 2.90. The van der Waals surface area contributed by atoms with Gasteiger partial charge in [0.15, 0.2) is 0 Å². The van der Waals surface area contributed by atoms with Gasteiger partial charge >= 0.3 is 0 Å². The quantitative estimate of drug-likeness (QED) is 0.437. The van der Waals surface area contributed by atoms with E-state index in [2.05, 4.69) is 11.9 Å². The van der Waals surface area contributed by atoms with Crippen LogP contribution in [0.1, 0.15) is 0 Å². The molecule has 0 amide bonds. The zero-order valence-electron chi connectivity index (χ0n) is 9.06. The molecule has 1 aromatic rings. The molecule has 5 heteroatoms. The summed E-state index contributed by atoms with van der Waals surface area (Å²) in [6, 6.07) is 6.73. The fourth-order valence-corrected chi connectivity index (χ4v) is 1.87. The molecule has 1 fully saturated rings. The Morgan fingerprint density at radius 3 is 2.31 bits per heavy atom. The van der Waals surface area contributed by atoms with Gasteiger partial charge in [-0.25, -0.2) is 0 Å². The van der Waals surface area contributed by atoms with Crippen LogP contribution in [0.3, 0.4) is 0 Å². The number of nitro groups is 1. The highest BCUT2D eigenvalue weighted by Crippen LogP contribution is 2.19. The molecular formula is C11H15N3O2. The maximum absolute atomic E-state index is 10.5. The Bertz CT molecular complexity index is 369. The SMILES string of the molecule is [CH2-][NH+]1CCN(c2ccc([N+](=O)[O-])cc2)CC1. The van der Waals surface area contributed by atoms with E-state index in [1.807, 2.05) is 12.1 Å². The lowest BCUT2D eigenvalue weighted by molar-refractivity contribution is -0.854. The first-order valence-corrected chi connectivity index (χ1v) is 5.33.